The van der Waals surface area contributed by atoms with E-state index in [0.29, 0.717) is 17.1 Å². The Bertz CT molecular complexity index is 957. The zero-order chi connectivity index (χ0) is 18.4. The number of sulfonamides is 1. The van der Waals surface area contributed by atoms with E-state index in [-0.39, 0.29) is 16.8 Å². The van der Waals surface area contributed by atoms with Gasteiger partial charge in [0.1, 0.15) is 0 Å². The molecular formula is C18H19ClN2O3S. The fourth-order valence-electron chi connectivity index (χ4n) is 3.16. The first kappa shape index (κ1) is 17.8. The maximum atomic E-state index is 12.7. The number of aryl methyl sites for hydroxylation is 1. The summed E-state index contributed by atoms with van der Waals surface area (Å²) in [4.78, 5) is 13.6. The Kier molecular flexibility index (Phi) is 4.51. The monoisotopic (exact) mass is 378 g/mol. The van der Waals surface area contributed by atoms with Crippen LogP contribution in [0.4, 0.5) is 11.4 Å². The molecule has 25 heavy (non-hydrogen) atoms. The molecule has 0 aromatic heterocycles. The van der Waals surface area contributed by atoms with Crippen LogP contribution in [0.1, 0.15) is 25.0 Å². The van der Waals surface area contributed by atoms with Crippen molar-refractivity contribution in [3.05, 3.63) is 52.5 Å². The zero-order valence-electron chi connectivity index (χ0n) is 14.2. The highest BCUT2D eigenvalue weighted by Crippen LogP contribution is 2.34. The lowest BCUT2D eigenvalue weighted by molar-refractivity contribution is -0.116. The van der Waals surface area contributed by atoms with E-state index in [2.05, 4.69) is 4.72 Å². The number of carbonyl (C=O) groups excluding carboxylic acids is 1. The SMILES string of the molecule is CC(=O)N1c2ccc(S(=O)(=O)Nc3ccc(C)cc3Cl)cc2C[C@H]1C. The Labute approximate surface area is 152 Å². The molecule has 0 unspecified atom stereocenters. The van der Waals surface area contributed by atoms with Gasteiger partial charge in [0.05, 0.1) is 15.6 Å². The molecule has 1 amide bonds. The Balaban J connectivity index is 1.94. The number of nitrogens with zero attached hydrogens (tertiary/aromatic N) is 1. The zero-order valence-corrected chi connectivity index (χ0v) is 15.8. The van der Waals surface area contributed by atoms with Crippen molar-refractivity contribution in [2.24, 2.45) is 0 Å². The molecule has 2 aromatic carbocycles. The van der Waals surface area contributed by atoms with E-state index >= 15 is 0 Å². The fraction of sp³-hybridized carbons (Fsp3) is 0.278. The predicted octanol–water partition coefficient (Wildman–Crippen LogP) is 3.75. The minimum absolute atomic E-state index is 0.0185. The van der Waals surface area contributed by atoms with Crippen molar-refractivity contribution in [2.45, 2.75) is 38.1 Å². The largest absolute Gasteiger partial charge is 0.309 e. The molecule has 0 spiro atoms. The standard InChI is InChI=1S/C18H19ClN2O3S/c1-11-4-6-17(16(19)8-11)20-25(23,24)15-5-7-18-14(10-15)9-12(2)21(18)13(3)22/h4-8,10,12,20H,9H2,1-3H3/t12-/m1/s1. The number of carbonyl (C=O) groups is 1. The number of amides is 1. The summed E-state index contributed by atoms with van der Waals surface area (Å²) in [6.07, 6.45) is 0.629. The third-order valence-corrected chi connectivity index (χ3v) is 5.96. The fourth-order valence-corrected chi connectivity index (χ4v) is 4.63. The van der Waals surface area contributed by atoms with E-state index in [1.54, 1.807) is 35.2 Å². The Morgan fingerprint density at radius 3 is 2.60 bits per heavy atom. The highest BCUT2D eigenvalue weighted by atomic mass is 35.5. The van der Waals surface area contributed by atoms with Crippen molar-refractivity contribution in [3.8, 4) is 0 Å². The smallest absolute Gasteiger partial charge is 0.261 e. The number of anilines is 2. The van der Waals surface area contributed by atoms with Crippen molar-refractivity contribution < 1.29 is 13.2 Å². The first-order valence-electron chi connectivity index (χ1n) is 7.91. The lowest BCUT2D eigenvalue weighted by Gasteiger charge is -2.20. The quantitative estimate of drug-likeness (QED) is 0.884. The van der Waals surface area contributed by atoms with Crippen molar-refractivity contribution in [1.82, 2.24) is 0 Å². The molecule has 7 heteroatoms. The van der Waals surface area contributed by atoms with Crippen LogP contribution >= 0.6 is 11.6 Å². The number of benzene rings is 2. The van der Waals surface area contributed by atoms with Crippen LogP contribution in [-0.4, -0.2) is 20.4 Å². The second kappa shape index (κ2) is 6.35. The molecule has 0 fully saturated rings. The predicted molar refractivity (Wildman–Crippen MR) is 99.8 cm³/mol. The molecule has 1 aliphatic heterocycles. The molecule has 5 nitrogen and oxygen atoms in total. The highest BCUT2D eigenvalue weighted by molar-refractivity contribution is 7.92. The number of halogens is 1. The summed E-state index contributed by atoms with van der Waals surface area (Å²) in [5, 5.41) is 0.348. The number of nitrogens with one attached hydrogen (secondary N) is 1. The lowest BCUT2D eigenvalue weighted by atomic mass is 10.1. The number of hydrogen-bond donors (Lipinski definition) is 1. The van der Waals surface area contributed by atoms with Gasteiger partial charge in [-0.1, -0.05) is 17.7 Å². The maximum Gasteiger partial charge on any atom is 0.261 e. The van der Waals surface area contributed by atoms with Crippen LogP contribution in [0.25, 0.3) is 0 Å². The van der Waals surface area contributed by atoms with Crippen LogP contribution in [0.3, 0.4) is 0 Å². The summed E-state index contributed by atoms with van der Waals surface area (Å²) in [6, 6.07) is 9.97. The van der Waals surface area contributed by atoms with E-state index in [9.17, 15) is 13.2 Å². The van der Waals surface area contributed by atoms with Crippen LogP contribution in [0.2, 0.25) is 5.02 Å². The summed E-state index contributed by atoms with van der Waals surface area (Å²) in [5.74, 6) is -0.0496. The van der Waals surface area contributed by atoms with Crippen molar-refractivity contribution >= 4 is 38.9 Å². The lowest BCUT2D eigenvalue weighted by Crippen LogP contribution is -2.33. The molecule has 0 aliphatic carbocycles. The minimum atomic E-state index is -3.76. The van der Waals surface area contributed by atoms with Gasteiger partial charge in [0, 0.05) is 18.7 Å². The van der Waals surface area contributed by atoms with Crippen LogP contribution < -0.4 is 9.62 Å². The molecular weight excluding hydrogens is 360 g/mol. The molecule has 1 N–H and O–H groups in total. The first-order chi connectivity index (χ1) is 11.7. The molecule has 0 bridgehead atoms. The second-order valence-corrected chi connectivity index (χ2v) is 8.41. The van der Waals surface area contributed by atoms with E-state index < -0.39 is 10.0 Å². The summed E-state index contributed by atoms with van der Waals surface area (Å²) in [6.45, 7) is 5.34. The first-order valence-corrected chi connectivity index (χ1v) is 9.77. The Morgan fingerprint density at radius 2 is 1.96 bits per heavy atom. The number of hydrogen-bond acceptors (Lipinski definition) is 3. The molecule has 1 aliphatic rings. The van der Waals surface area contributed by atoms with Crippen molar-refractivity contribution in [2.75, 3.05) is 9.62 Å². The van der Waals surface area contributed by atoms with Crippen molar-refractivity contribution in [1.29, 1.82) is 0 Å². The van der Waals surface area contributed by atoms with Gasteiger partial charge >= 0.3 is 0 Å². The van der Waals surface area contributed by atoms with Gasteiger partial charge in [0.15, 0.2) is 0 Å². The van der Waals surface area contributed by atoms with Crippen LogP contribution in [-0.2, 0) is 21.2 Å². The van der Waals surface area contributed by atoms with Gasteiger partial charge in [-0.05, 0) is 61.7 Å². The molecule has 132 valence electrons. The van der Waals surface area contributed by atoms with E-state index in [4.69, 9.17) is 11.6 Å². The third-order valence-electron chi connectivity index (χ3n) is 4.29. The van der Waals surface area contributed by atoms with Gasteiger partial charge in [0.25, 0.3) is 10.0 Å². The summed E-state index contributed by atoms with van der Waals surface area (Å²) in [5.41, 5.74) is 2.91. The van der Waals surface area contributed by atoms with Crippen LogP contribution in [0.15, 0.2) is 41.3 Å². The summed E-state index contributed by atoms with van der Waals surface area (Å²) in [7, 11) is -3.76. The third kappa shape index (κ3) is 3.37. The van der Waals surface area contributed by atoms with E-state index in [1.165, 1.54) is 13.0 Å². The second-order valence-electron chi connectivity index (χ2n) is 6.32. The van der Waals surface area contributed by atoms with Gasteiger partial charge in [-0.3, -0.25) is 9.52 Å². The molecule has 0 saturated heterocycles. The topological polar surface area (TPSA) is 66.5 Å². The molecule has 1 atom stereocenters. The van der Waals surface area contributed by atoms with Crippen molar-refractivity contribution in [3.63, 3.8) is 0 Å². The average molecular weight is 379 g/mol. The molecule has 2 aromatic rings. The molecule has 1 heterocycles. The summed E-state index contributed by atoms with van der Waals surface area (Å²) >= 11 is 6.12. The van der Waals surface area contributed by atoms with Gasteiger partial charge in [0.2, 0.25) is 5.91 Å². The van der Waals surface area contributed by atoms with Crippen LogP contribution in [0, 0.1) is 6.92 Å². The average Bonchev–Trinajstić information content (AvgIpc) is 2.85. The van der Waals surface area contributed by atoms with Gasteiger partial charge in [-0.2, -0.15) is 0 Å². The van der Waals surface area contributed by atoms with Gasteiger partial charge in [-0.25, -0.2) is 8.42 Å². The van der Waals surface area contributed by atoms with Gasteiger partial charge in [-0.15, -0.1) is 0 Å². The summed E-state index contributed by atoms with van der Waals surface area (Å²) < 4.78 is 27.9. The normalized spacial score (nSPS) is 16.6. The Hall–Kier alpha value is -2.05. The van der Waals surface area contributed by atoms with E-state index in [0.717, 1.165) is 16.8 Å². The molecule has 0 radical (unpaired) electrons. The van der Waals surface area contributed by atoms with Gasteiger partial charge < -0.3 is 4.90 Å². The molecule has 3 rings (SSSR count). The molecule has 0 saturated carbocycles. The van der Waals surface area contributed by atoms with E-state index in [1.807, 2.05) is 13.8 Å². The number of rotatable bonds is 3. The minimum Gasteiger partial charge on any atom is -0.309 e. The Morgan fingerprint density at radius 1 is 1.24 bits per heavy atom. The highest BCUT2D eigenvalue weighted by Gasteiger charge is 2.30. The number of fused-ring (bicyclic) bond motifs is 1. The maximum absolute atomic E-state index is 12.7. The van der Waals surface area contributed by atoms with Crippen LogP contribution in [0.5, 0.6) is 0 Å².